The van der Waals surface area contributed by atoms with Crippen molar-refractivity contribution >= 4 is 6.01 Å². The molecule has 1 aliphatic rings. The fourth-order valence-corrected chi connectivity index (χ4v) is 2.30. The van der Waals surface area contributed by atoms with E-state index < -0.39 is 0 Å². The highest BCUT2D eigenvalue weighted by Crippen LogP contribution is 2.30. The van der Waals surface area contributed by atoms with Gasteiger partial charge in [0.2, 0.25) is 0 Å². The van der Waals surface area contributed by atoms with Crippen LogP contribution in [0.25, 0.3) is 0 Å². The van der Waals surface area contributed by atoms with Crippen molar-refractivity contribution in [1.29, 1.82) is 0 Å². The van der Waals surface area contributed by atoms with Crippen molar-refractivity contribution in [3.63, 3.8) is 0 Å². The fraction of sp³-hybridized carbons (Fsp3) is 0.846. The Morgan fingerprint density at radius 2 is 1.94 bits per heavy atom. The van der Waals surface area contributed by atoms with Gasteiger partial charge >= 0.3 is 6.01 Å². The third-order valence-electron chi connectivity index (χ3n) is 3.32. The number of hydrogen-bond donors (Lipinski definition) is 1. The summed E-state index contributed by atoms with van der Waals surface area (Å²) in [4.78, 5) is 4.46. The van der Waals surface area contributed by atoms with Crippen LogP contribution in [0.5, 0.6) is 0 Å². The largest absolute Gasteiger partial charge is 0.338 e. The van der Waals surface area contributed by atoms with Gasteiger partial charge in [-0.15, -0.1) is 0 Å². The minimum atomic E-state index is 0.510. The van der Waals surface area contributed by atoms with Gasteiger partial charge in [-0.3, -0.25) is 0 Å². The number of rotatable bonds is 4. The topological polar surface area (TPSA) is 51.0 Å². The highest BCUT2D eigenvalue weighted by Gasteiger charge is 2.19. The molecule has 1 aromatic rings. The molecule has 1 N–H and O–H groups in total. The quantitative estimate of drug-likeness (QED) is 0.813. The van der Waals surface area contributed by atoms with E-state index in [-0.39, 0.29) is 0 Å². The van der Waals surface area contributed by atoms with E-state index in [1.165, 1.54) is 38.5 Å². The van der Waals surface area contributed by atoms with Gasteiger partial charge in [0.1, 0.15) is 0 Å². The summed E-state index contributed by atoms with van der Waals surface area (Å²) in [7, 11) is 0. The molecule has 0 amide bonds. The smallest absolute Gasteiger partial charge is 0.321 e. The summed E-state index contributed by atoms with van der Waals surface area (Å²) in [5.74, 6) is 2.00. The molecule has 2 rings (SSSR count). The maximum atomic E-state index is 5.24. The summed E-state index contributed by atoms with van der Waals surface area (Å²) in [6.07, 6.45) is 7.73. The molecule has 0 aliphatic heterocycles. The molecular formula is C13H23N3O. The van der Waals surface area contributed by atoms with Gasteiger partial charge < -0.3 is 9.84 Å². The SMILES string of the molecule is CC(C)CNc1nc(C2CCCCCC2)no1. The summed E-state index contributed by atoms with van der Waals surface area (Å²) in [6, 6.07) is 0.581. The Bertz CT molecular complexity index is 327. The first-order chi connectivity index (χ1) is 8.25. The standard InChI is InChI=1S/C13H23N3O/c1-10(2)9-14-13-15-12(16-17-13)11-7-5-3-4-6-8-11/h10-11H,3-9H2,1-2H3,(H,14,15,16). The van der Waals surface area contributed by atoms with Gasteiger partial charge in [-0.05, 0) is 18.8 Å². The lowest BCUT2D eigenvalue weighted by Crippen LogP contribution is -2.08. The monoisotopic (exact) mass is 237 g/mol. The molecule has 17 heavy (non-hydrogen) atoms. The normalized spacial score (nSPS) is 18.3. The molecule has 0 unspecified atom stereocenters. The summed E-state index contributed by atoms with van der Waals surface area (Å²) in [6.45, 7) is 5.21. The maximum absolute atomic E-state index is 5.24. The van der Waals surface area contributed by atoms with E-state index in [1.807, 2.05) is 0 Å². The van der Waals surface area contributed by atoms with Crippen molar-refractivity contribution in [2.24, 2.45) is 5.92 Å². The van der Waals surface area contributed by atoms with Crippen molar-refractivity contribution in [2.45, 2.75) is 58.3 Å². The number of nitrogens with zero attached hydrogens (tertiary/aromatic N) is 2. The fourth-order valence-electron chi connectivity index (χ4n) is 2.30. The van der Waals surface area contributed by atoms with E-state index in [0.29, 0.717) is 17.9 Å². The lowest BCUT2D eigenvalue weighted by Gasteiger charge is -2.07. The first kappa shape index (κ1) is 12.4. The molecule has 0 spiro atoms. The zero-order valence-corrected chi connectivity index (χ0v) is 10.9. The molecule has 0 saturated heterocycles. The van der Waals surface area contributed by atoms with Gasteiger partial charge in [0.15, 0.2) is 5.82 Å². The van der Waals surface area contributed by atoms with Crippen LogP contribution in [0.3, 0.4) is 0 Å². The number of aromatic nitrogens is 2. The predicted octanol–water partition coefficient (Wildman–Crippen LogP) is 3.58. The lowest BCUT2D eigenvalue weighted by atomic mass is 10.00. The van der Waals surface area contributed by atoms with Crippen LogP contribution in [0.15, 0.2) is 4.52 Å². The van der Waals surface area contributed by atoms with Crippen LogP contribution in [-0.2, 0) is 0 Å². The molecule has 0 atom stereocenters. The second kappa shape index (κ2) is 6.03. The van der Waals surface area contributed by atoms with Crippen LogP contribution in [0.4, 0.5) is 6.01 Å². The van der Waals surface area contributed by atoms with Crippen molar-refractivity contribution in [1.82, 2.24) is 10.1 Å². The molecule has 1 aliphatic carbocycles. The predicted molar refractivity (Wildman–Crippen MR) is 68.1 cm³/mol. The van der Waals surface area contributed by atoms with Crippen LogP contribution >= 0.6 is 0 Å². The Balaban J connectivity index is 1.92. The molecule has 0 bridgehead atoms. The first-order valence-corrected chi connectivity index (χ1v) is 6.83. The van der Waals surface area contributed by atoms with Crippen LogP contribution < -0.4 is 5.32 Å². The minimum absolute atomic E-state index is 0.510. The number of hydrogen-bond acceptors (Lipinski definition) is 4. The summed E-state index contributed by atoms with van der Waals surface area (Å²) < 4.78 is 5.24. The van der Waals surface area contributed by atoms with Gasteiger partial charge in [0.25, 0.3) is 0 Å². The molecule has 1 aromatic heterocycles. The molecule has 0 aromatic carbocycles. The zero-order valence-electron chi connectivity index (χ0n) is 10.9. The summed E-state index contributed by atoms with van der Waals surface area (Å²) in [5.41, 5.74) is 0. The number of anilines is 1. The second-order valence-corrected chi connectivity index (χ2v) is 5.42. The van der Waals surface area contributed by atoms with Gasteiger partial charge in [-0.2, -0.15) is 4.98 Å². The summed E-state index contributed by atoms with van der Waals surface area (Å²) in [5, 5.41) is 7.29. The Kier molecular flexibility index (Phi) is 4.40. The van der Waals surface area contributed by atoms with Crippen molar-refractivity contribution in [2.75, 3.05) is 11.9 Å². The minimum Gasteiger partial charge on any atom is -0.338 e. The van der Waals surface area contributed by atoms with Gasteiger partial charge in [-0.1, -0.05) is 44.7 Å². The van der Waals surface area contributed by atoms with E-state index in [4.69, 9.17) is 4.52 Å². The molecule has 4 nitrogen and oxygen atoms in total. The lowest BCUT2D eigenvalue weighted by molar-refractivity contribution is 0.408. The van der Waals surface area contributed by atoms with Crippen LogP contribution in [0.1, 0.15) is 64.1 Å². The Morgan fingerprint density at radius 3 is 2.59 bits per heavy atom. The van der Waals surface area contributed by atoms with Crippen LogP contribution in [0, 0.1) is 5.92 Å². The molecule has 1 saturated carbocycles. The van der Waals surface area contributed by atoms with Crippen LogP contribution in [0.2, 0.25) is 0 Å². The molecule has 96 valence electrons. The molecule has 0 radical (unpaired) electrons. The van der Waals surface area contributed by atoms with E-state index in [0.717, 1.165) is 12.4 Å². The van der Waals surface area contributed by atoms with E-state index in [9.17, 15) is 0 Å². The summed E-state index contributed by atoms with van der Waals surface area (Å²) >= 11 is 0. The highest BCUT2D eigenvalue weighted by atomic mass is 16.5. The zero-order chi connectivity index (χ0) is 12.1. The van der Waals surface area contributed by atoms with E-state index in [2.05, 4.69) is 29.3 Å². The average Bonchev–Trinajstić information content (AvgIpc) is 2.60. The molecular weight excluding hydrogens is 214 g/mol. The Labute approximate surface area is 103 Å². The van der Waals surface area contributed by atoms with Gasteiger partial charge in [0.05, 0.1) is 0 Å². The molecule has 1 heterocycles. The maximum Gasteiger partial charge on any atom is 0.321 e. The Morgan fingerprint density at radius 1 is 1.24 bits per heavy atom. The highest BCUT2D eigenvalue weighted by molar-refractivity contribution is 5.19. The van der Waals surface area contributed by atoms with E-state index >= 15 is 0 Å². The van der Waals surface area contributed by atoms with Crippen LogP contribution in [-0.4, -0.2) is 16.7 Å². The average molecular weight is 237 g/mol. The van der Waals surface area contributed by atoms with Crippen molar-refractivity contribution < 1.29 is 4.52 Å². The van der Waals surface area contributed by atoms with Crippen molar-refractivity contribution in [3.8, 4) is 0 Å². The molecule has 4 heteroatoms. The van der Waals surface area contributed by atoms with Crippen molar-refractivity contribution in [3.05, 3.63) is 5.82 Å². The number of nitrogens with one attached hydrogen (secondary N) is 1. The second-order valence-electron chi connectivity index (χ2n) is 5.42. The van der Waals surface area contributed by atoms with E-state index in [1.54, 1.807) is 0 Å². The third kappa shape index (κ3) is 3.72. The first-order valence-electron chi connectivity index (χ1n) is 6.83. The van der Waals surface area contributed by atoms with Gasteiger partial charge in [0, 0.05) is 12.5 Å². The molecule has 1 fully saturated rings. The third-order valence-corrected chi connectivity index (χ3v) is 3.32. The van der Waals surface area contributed by atoms with Gasteiger partial charge in [-0.25, -0.2) is 0 Å². The Hall–Kier alpha value is -1.06.